The summed E-state index contributed by atoms with van der Waals surface area (Å²) in [7, 11) is 1.58. The third kappa shape index (κ3) is 2.76. The maximum atomic E-state index is 11.4. The van der Waals surface area contributed by atoms with Crippen LogP contribution in [0.4, 0.5) is 5.82 Å². The molecule has 1 amide bonds. The second kappa shape index (κ2) is 5.30. The Balaban J connectivity index is 2.11. The van der Waals surface area contributed by atoms with Crippen molar-refractivity contribution in [2.75, 3.05) is 25.0 Å². The van der Waals surface area contributed by atoms with Crippen LogP contribution in [-0.4, -0.2) is 48.3 Å². The Bertz CT molecular complexity index is 409. The smallest absolute Gasteiger partial charge is 0.271 e. The minimum atomic E-state index is -0.212. The quantitative estimate of drug-likeness (QED) is 0.773. The second-order valence-corrected chi connectivity index (χ2v) is 4.73. The number of nitrogens with one attached hydrogen (secondary N) is 2. The highest BCUT2D eigenvalue weighted by Gasteiger charge is 2.22. The van der Waals surface area contributed by atoms with Crippen LogP contribution in [-0.2, 0) is 0 Å². The van der Waals surface area contributed by atoms with E-state index in [-0.39, 0.29) is 5.91 Å². The van der Waals surface area contributed by atoms with E-state index in [1.165, 1.54) is 0 Å². The molecule has 2 rings (SSSR count). The van der Waals surface area contributed by atoms with E-state index in [0.29, 0.717) is 17.8 Å². The monoisotopic (exact) mass is 249 g/mol. The van der Waals surface area contributed by atoms with E-state index in [0.717, 1.165) is 18.9 Å². The van der Waals surface area contributed by atoms with Gasteiger partial charge < -0.3 is 15.5 Å². The van der Waals surface area contributed by atoms with Crippen molar-refractivity contribution in [3.05, 3.63) is 17.8 Å². The van der Waals surface area contributed by atoms with E-state index in [9.17, 15) is 4.79 Å². The van der Waals surface area contributed by atoms with Crippen LogP contribution in [0, 0.1) is 0 Å². The third-order valence-electron chi connectivity index (χ3n) is 2.99. The molecule has 0 radical (unpaired) electrons. The molecule has 1 aromatic rings. The summed E-state index contributed by atoms with van der Waals surface area (Å²) in [5.41, 5.74) is 0.345. The fraction of sp³-hybridized carbons (Fsp3) is 0.583. The number of anilines is 1. The van der Waals surface area contributed by atoms with E-state index < -0.39 is 0 Å². The number of rotatable bonds is 2. The predicted molar refractivity (Wildman–Crippen MR) is 69.7 cm³/mol. The summed E-state index contributed by atoms with van der Waals surface area (Å²) < 4.78 is 0. The molecule has 1 saturated heterocycles. The van der Waals surface area contributed by atoms with Crippen LogP contribution in [0.2, 0.25) is 0 Å². The fourth-order valence-corrected chi connectivity index (χ4v) is 2.26. The van der Waals surface area contributed by atoms with Gasteiger partial charge >= 0.3 is 0 Å². The number of amides is 1. The maximum Gasteiger partial charge on any atom is 0.271 e. The fourth-order valence-electron chi connectivity index (χ4n) is 2.26. The number of carbonyl (C=O) groups excluding carboxylic acids is 1. The van der Waals surface area contributed by atoms with Gasteiger partial charge in [0.25, 0.3) is 5.91 Å². The van der Waals surface area contributed by atoms with Crippen LogP contribution in [0.5, 0.6) is 0 Å². The van der Waals surface area contributed by atoms with Crippen molar-refractivity contribution >= 4 is 11.7 Å². The largest absolute Gasteiger partial charge is 0.354 e. The van der Waals surface area contributed by atoms with Crippen molar-refractivity contribution in [1.29, 1.82) is 0 Å². The van der Waals surface area contributed by atoms with Gasteiger partial charge in [-0.3, -0.25) is 4.79 Å². The first-order valence-electron chi connectivity index (χ1n) is 6.17. The molecule has 98 valence electrons. The molecule has 18 heavy (non-hydrogen) atoms. The van der Waals surface area contributed by atoms with E-state index in [1.807, 2.05) is 6.07 Å². The molecule has 2 heterocycles. The lowest BCUT2D eigenvalue weighted by Gasteiger charge is -2.36. The molecule has 2 unspecified atom stereocenters. The van der Waals surface area contributed by atoms with Gasteiger partial charge in [-0.1, -0.05) is 0 Å². The lowest BCUT2D eigenvalue weighted by molar-refractivity contribution is 0.0957. The van der Waals surface area contributed by atoms with Crippen LogP contribution >= 0.6 is 0 Å². The van der Waals surface area contributed by atoms with E-state index in [4.69, 9.17) is 0 Å². The first-order valence-corrected chi connectivity index (χ1v) is 6.17. The molecule has 1 aliphatic heterocycles. The van der Waals surface area contributed by atoms with Gasteiger partial charge in [-0.15, -0.1) is 10.2 Å². The molecule has 0 aliphatic carbocycles. The van der Waals surface area contributed by atoms with Crippen molar-refractivity contribution in [1.82, 2.24) is 20.8 Å². The molecule has 6 heteroatoms. The van der Waals surface area contributed by atoms with Gasteiger partial charge in [-0.25, -0.2) is 0 Å². The summed E-state index contributed by atoms with van der Waals surface area (Å²) in [6.07, 6.45) is 0. The molecule has 6 nitrogen and oxygen atoms in total. The summed E-state index contributed by atoms with van der Waals surface area (Å²) in [6.45, 7) is 6.10. The molecule has 2 atom stereocenters. The van der Waals surface area contributed by atoms with Crippen molar-refractivity contribution in [2.45, 2.75) is 25.9 Å². The summed E-state index contributed by atoms with van der Waals surface area (Å²) in [5.74, 6) is 0.610. The second-order valence-electron chi connectivity index (χ2n) is 4.73. The zero-order valence-corrected chi connectivity index (χ0v) is 11.0. The molecule has 0 spiro atoms. The molecule has 0 bridgehead atoms. The van der Waals surface area contributed by atoms with Crippen molar-refractivity contribution in [3.8, 4) is 0 Å². The molecular weight excluding hydrogens is 230 g/mol. The number of aromatic nitrogens is 2. The highest BCUT2D eigenvalue weighted by molar-refractivity contribution is 5.91. The Morgan fingerprint density at radius 1 is 1.33 bits per heavy atom. The first-order chi connectivity index (χ1) is 8.60. The van der Waals surface area contributed by atoms with Crippen molar-refractivity contribution < 1.29 is 4.79 Å². The standard InChI is InChI=1S/C12H19N5O/c1-8-6-17(7-9(2)14-8)11-5-4-10(15-16-11)12(18)13-3/h4-5,8-9,14H,6-7H2,1-3H3,(H,13,18). The summed E-state index contributed by atoms with van der Waals surface area (Å²) in [5, 5.41) is 14.1. The normalized spacial score (nSPS) is 23.8. The lowest BCUT2D eigenvalue weighted by atomic mass is 10.1. The molecule has 0 aromatic carbocycles. The Labute approximate surface area is 107 Å². The summed E-state index contributed by atoms with van der Waals surface area (Å²) >= 11 is 0. The van der Waals surface area contributed by atoms with E-state index in [2.05, 4.69) is 39.6 Å². The average molecular weight is 249 g/mol. The molecule has 1 aliphatic rings. The minimum absolute atomic E-state index is 0.212. The molecule has 1 fully saturated rings. The molecular formula is C12H19N5O. The van der Waals surface area contributed by atoms with Crippen molar-refractivity contribution in [2.24, 2.45) is 0 Å². The van der Waals surface area contributed by atoms with Crippen LogP contribution in [0.15, 0.2) is 12.1 Å². The van der Waals surface area contributed by atoms with Crippen LogP contribution in [0.25, 0.3) is 0 Å². The number of hydrogen-bond acceptors (Lipinski definition) is 5. The Kier molecular flexibility index (Phi) is 3.76. The zero-order valence-electron chi connectivity index (χ0n) is 11.0. The Hall–Kier alpha value is -1.69. The van der Waals surface area contributed by atoms with Crippen LogP contribution in [0.3, 0.4) is 0 Å². The van der Waals surface area contributed by atoms with Crippen molar-refractivity contribution in [3.63, 3.8) is 0 Å². The first kappa shape index (κ1) is 12.8. The predicted octanol–water partition coefficient (Wildman–Crippen LogP) is 0.0228. The zero-order chi connectivity index (χ0) is 13.1. The van der Waals surface area contributed by atoms with Crippen LogP contribution < -0.4 is 15.5 Å². The SMILES string of the molecule is CNC(=O)c1ccc(N2CC(C)NC(C)C2)nn1. The van der Waals surface area contributed by atoms with Gasteiger partial charge in [-0.05, 0) is 26.0 Å². The lowest BCUT2D eigenvalue weighted by Crippen LogP contribution is -2.54. The van der Waals surface area contributed by atoms with Gasteiger partial charge in [0.05, 0.1) is 0 Å². The Morgan fingerprint density at radius 3 is 2.50 bits per heavy atom. The number of carbonyl (C=O) groups is 1. The minimum Gasteiger partial charge on any atom is -0.354 e. The third-order valence-corrected chi connectivity index (χ3v) is 2.99. The van der Waals surface area contributed by atoms with E-state index >= 15 is 0 Å². The molecule has 0 saturated carbocycles. The highest BCUT2D eigenvalue weighted by Crippen LogP contribution is 2.14. The summed E-state index contributed by atoms with van der Waals surface area (Å²) in [6, 6.07) is 4.41. The highest BCUT2D eigenvalue weighted by atomic mass is 16.1. The molecule has 2 N–H and O–H groups in total. The summed E-state index contributed by atoms with van der Waals surface area (Å²) in [4.78, 5) is 13.6. The average Bonchev–Trinajstić information content (AvgIpc) is 2.37. The topological polar surface area (TPSA) is 70.2 Å². The maximum absolute atomic E-state index is 11.4. The van der Waals surface area contributed by atoms with E-state index in [1.54, 1.807) is 13.1 Å². The van der Waals surface area contributed by atoms with Gasteiger partial charge in [-0.2, -0.15) is 0 Å². The van der Waals surface area contributed by atoms with Gasteiger partial charge in [0.2, 0.25) is 0 Å². The Morgan fingerprint density at radius 2 is 2.00 bits per heavy atom. The van der Waals surface area contributed by atoms with Gasteiger partial charge in [0.1, 0.15) is 0 Å². The van der Waals surface area contributed by atoms with Gasteiger partial charge in [0.15, 0.2) is 11.5 Å². The number of hydrogen-bond donors (Lipinski definition) is 2. The van der Waals surface area contributed by atoms with Crippen LogP contribution in [0.1, 0.15) is 24.3 Å². The molecule has 1 aromatic heterocycles. The number of piperazine rings is 1. The number of nitrogens with zero attached hydrogens (tertiary/aromatic N) is 3. The van der Waals surface area contributed by atoms with Gasteiger partial charge in [0, 0.05) is 32.2 Å².